The van der Waals surface area contributed by atoms with Crippen LogP contribution in [0, 0.1) is 19.2 Å². The van der Waals surface area contributed by atoms with Crippen molar-refractivity contribution in [1.29, 1.82) is 0 Å². The molecule has 2 atom stereocenters. The maximum absolute atomic E-state index is 14.1. The van der Waals surface area contributed by atoms with E-state index in [1.54, 1.807) is 37.3 Å². The summed E-state index contributed by atoms with van der Waals surface area (Å²) in [4.78, 5) is 6.90. The molecule has 32 heavy (non-hydrogen) atoms. The lowest BCUT2D eigenvalue weighted by molar-refractivity contribution is -0.276. The summed E-state index contributed by atoms with van der Waals surface area (Å²) in [7, 11) is 0. The molecule has 0 aliphatic carbocycles. The van der Waals surface area contributed by atoms with E-state index in [2.05, 4.69) is 22.2 Å². The van der Waals surface area contributed by atoms with Crippen LogP contribution in [-0.4, -0.2) is 26.9 Å². The van der Waals surface area contributed by atoms with Crippen molar-refractivity contribution < 1.29 is 23.0 Å². The molecule has 0 fully saturated rings. The predicted octanol–water partition coefficient (Wildman–Crippen LogP) is 5.73. The van der Waals surface area contributed by atoms with Gasteiger partial charge in [-0.05, 0) is 66.1 Å². The standard InChI is InChI=1S/C24H19F3N2O2S/c1-14-18-10-17(29-20(18)5-7-28-14)11-23(30,24(25,26)27)13-22(2)19-9-15(3-4-21(19)31-22)16-6-8-32-12-16/h3-4,6,8-10,12,29-30H,11,13H2,1-2H3. The summed E-state index contributed by atoms with van der Waals surface area (Å²) in [5.41, 5.74) is -0.332. The predicted molar refractivity (Wildman–Crippen MR) is 116 cm³/mol. The van der Waals surface area contributed by atoms with Crippen LogP contribution in [0.15, 0.2) is 41.1 Å². The molecule has 0 spiro atoms. The van der Waals surface area contributed by atoms with Crippen LogP contribution >= 0.6 is 11.3 Å². The minimum Gasteiger partial charge on any atom is -0.482 e. The average molecular weight is 456 g/mol. The number of aliphatic hydroxyl groups is 1. The number of hydrogen-bond donors (Lipinski definition) is 2. The van der Waals surface area contributed by atoms with Gasteiger partial charge in [0, 0.05) is 35.7 Å². The molecule has 0 saturated heterocycles. The summed E-state index contributed by atoms with van der Waals surface area (Å²) in [6.07, 6.45) is -3.55. The lowest BCUT2D eigenvalue weighted by atomic mass is 9.76. The number of nitrogens with one attached hydrogen (secondary N) is 1. The Morgan fingerprint density at radius 1 is 1.22 bits per heavy atom. The Hall–Kier alpha value is -3.02. The van der Waals surface area contributed by atoms with Crippen molar-refractivity contribution in [2.45, 2.75) is 44.1 Å². The Balaban J connectivity index is 1.48. The van der Waals surface area contributed by atoms with Gasteiger partial charge in [-0.2, -0.15) is 24.5 Å². The molecule has 164 valence electrons. The number of rotatable bonds is 5. The third-order valence-electron chi connectivity index (χ3n) is 6.05. The first kappa shape index (κ1) is 20.9. The second-order valence-corrected chi connectivity index (χ2v) is 9.24. The molecule has 4 nitrogen and oxygen atoms in total. The molecule has 1 aromatic carbocycles. The minimum absolute atomic E-state index is 0.246. The molecule has 8 heteroatoms. The highest BCUT2D eigenvalue weighted by Crippen LogP contribution is 2.52. The Morgan fingerprint density at radius 2 is 2.03 bits per heavy atom. The Labute approximate surface area is 186 Å². The summed E-state index contributed by atoms with van der Waals surface area (Å²) in [6, 6.07) is 11.8. The van der Waals surface area contributed by atoms with E-state index in [1.165, 1.54) is 0 Å². The number of thiophene rings is 1. The number of alkyl halides is 3. The molecule has 0 amide bonds. The smallest absolute Gasteiger partial charge is 0.417 e. The fourth-order valence-electron chi connectivity index (χ4n) is 4.38. The quantitative estimate of drug-likeness (QED) is 0.403. The number of fused-ring (bicyclic) bond motifs is 2. The van der Waals surface area contributed by atoms with E-state index in [0.29, 0.717) is 27.9 Å². The van der Waals surface area contributed by atoms with Gasteiger partial charge in [0.05, 0.1) is 5.69 Å². The van der Waals surface area contributed by atoms with Crippen molar-refractivity contribution in [1.82, 2.24) is 9.97 Å². The normalized spacial score (nSPS) is 19.6. The van der Waals surface area contributed by atoms with Crippen molar-refractivity contribution in [2.24, 2.45) is 0 Å². The van der Waals surface area contributed by atoms with Crippen LogP contribution in [-0.2, 0) is 12.0 Å². The number of aromatic amines is 1. The van der Waals surface area contributed by atoms with Gasteiger partial charge in [0.25, 0.3) is 0 Å². The van der Waals surface area contributed by atoms with E-state index < -0.39 is 30.2 Å². The summed E-state index contributed by atoms with van der Waals surface area (Å²) in [5.74, 6) is 0.536. The van der Waals surface area contributed by atoms with E-state index in [0.717, 1.165) is 11.1 Å². The van der Waals surface area contributed by atoms with Crippen LogP contribution in [0.25, 0.3) is 22.0 Å². The van der Waals surface area contributed by atoms with Crippen LogP contribution in [0.3, 0.4) is 0 Å². The van der Waals surface area contributed by atoms with Gasteiger partial charge in [-0.15, -0.1) is 0 Å². The summed E-state index contributed by atoms with van der Waals surface area (Å²) >= 11 is 1.55. The number of H-pyrrole nitrogens is 1. The monoisotopic (exact) mass is 456 g/mol. The molecule has 0 bridgehead atoms. The maximum Gasteiger partial charge on any atom is 0.417 e. The summed E-state index contributed by atoms with van der Waals surface area (Å²) in [6.45, 7) is 3.33. The molecule has 1 aliphatic rings. The van der Waals surface area contributed by atoms with Crippen LogP contribution < -0.4 is 4.74 Å². The number of benzene rings is 1. The Bertz CT molecular complexity index is 1300. The van der Waals surface area contributed by atoms with Gasteiger partial charge < -0.3 is 14.8 Å². The van der Waals surface area contributed by atoms with Gasteiger partial charge >= 0.3 is 6.18 Å². The molecular weight excluding hydrogens is 437 g/mol. The largest absolute Gasteiger partial charge is 0.482 e. The number of nitrogens with zero attached hydrogens (tertiary/aromatic N) is 1. The zero-order valence-electron chi connectivity index (χ0n) is 17.3. The first-order valence-corrected chi connectivity index (χ1v) is 11.0. The van der Waals surface area contributed by atoms with Crippen LogP contribution in [0.5, 0.6) is 5.75 Å². The van der Waals surface area contributed by atoms with E-state index in [9.17, 15) is 18.3 Å². The van der Waals surface area contributed by atoms with Gasteiger partial charge in [-0.3, -0.25) is 0 Å². The fourth-order valence-corrected chi connectivity index (χ4v) is 5.04. The van der Waals surface area contributed by atoms with Gasteiger partial charge in [0.15, 0.2) is 5.60 Å². The zero-order chi connectivity index (χ0) is 22.7. The number of aromatic nitrogens is 2. The molecule has 5 rings (SSSR count). The van der Waals surface area contributed by atoms with Gasteiger partial charge in [-0.25, -0.2) is 4.98 Å². The van der Waals surface area contributed by atoms with Crippen molar-refractivity contribution >= 4 is 22.2 Å². The fraction of sp³-hybridized carbons (Fsp3) is 0.292. The third-order valence-corrected chi connectivity index (χ3v) is 6.73. The lowest BCUT2D eigenvalue weighted by Crippen LogP contribution is -2.54. The van der Waals surface area contributed by atoms with E-state index in [4.69, 9.17) is 4.74 Å². The maximum atomic E-state index is 14.1. The summed E-state index contributed by atoms with van der Waals surface area (Å²) in [5, 5.41) is 15.5. The minimum atomic E-state index is -4.86. The lowest BCUT2D eigenvalue weighted by Gasteiger charge is -2.46. The van der Waals surface area contributed by atoms with Crippen molar-refractivity contribution in [2.75, 3.05) is 0 Å². The van der Waals surface area contributed by atoms with Crippen molar-refractivity contribution in [3.63, 3.8) is 0 Å². The number of hydrogen-bond acceptors (Lipinski definition) is 4. The Morgan fingerprint density at radius 3 is 2.72 bits per heavy atom. The third kappa shape index (κ3) is 3.33. The van der Waals surface area contributed by atoms with Gasteiger partial charge in [-0.1, -0.05) is 6.07 Å². The topological polar surface area (TPSA) is 58.1 Å². The molecule has 0 radical (unpaired) electrons. The molecule has 2 N–H and O–H groups in total. The number of halogens is 3. The van der Waals surface area contributed by atoms with Gasteiger partial charge in [0.2, 0.25) is 0 Å². The van der Waals surface area contributed by atoms with Crippen LogP contribution in [0.2, 0.25) is 0 Å². The molecular formula is C24H19F3N2O2S. The average Bonchev–Trinajstić information content (AvgIpc) is 3.37. The van der Waals surface area contributed by atoms with Crippen molar-refractivity contribution in [3.05, 3.63) is 70.3 Å². The van der Waals surface area contributed by atoms with E-state index in [1.807, 2.05) is 29.0 Å². The molecule has 4 heterocycles. The number of aryl methyl sites for hydroxylation is 1. The first-order chi connectivity index (χ1) is 15.1. The highest BCUT2D eigenvalue weighted by molar-refractivity contribution is 7.08. The molecule has 0 saturated carbocycles. The van der Waals surface area contributed by atoms with Gasteiger partial charge in [0.1, 0.15) is 16.9 Å². The summed E-state index contributed by atoms with van der Waals surface area (Å²) < 4.78 is 48.2. The van der Waals surface area contributed by atoms with Crippen LogP contribution in [0.4, 0.5) is 13.2 Å². The molecule has 3 aromatic heterocycles. The molecule has 1 aliphatic heterocycles. The highest BCUT2D eigenvalue weighted by atomic mass is 32.1. The van der Waals surface area contributed by atoms with E-state index >= 15 is 0 Å². The Kier molecular flexibility index (Phi) is 4.56. The second-order valence-electron chi connectivity index (χ2n) is 8.46. The SMILES string of the molecule is Cc1nc#cc2[nH]c(CC(O)(CC3(C)Oc4ccc(-c5ccsc5)cc43)C(F)(F)F)cc12. The van der Waals surface area contributed by atoms with Crippen LogP contribution in [0.1, 0.15) is 30.3 Å². The second kappa shape index (κ2) is 6.99. The molecule has 2 unspecified atom stereocenters. The molecule has 4 aromatic rings. The first-order valence-electron chi connectivity index (χ1n) is 10.0. The van der Waals surface area contributed by atoms with Crippen molar-refractivity contribution in [3.8, 4) is 16.9 Å². The zero-order valence-corrected chi connectivity index (χ0v) is 18.1. The number of ether oxygens (including phenoxy) is 1. The highest BCUT2D eigenvalue weighted by Gasteiger charge is 2.59. The van der Waals surface area contributed by atoms with E-state index in [-0.39, 0.29) is 5.69 Å².